The molecule has 1 saturated carbocycles. The van der Waals surface area contributed by atoms with Gasteiger partial charge in [-0.3, -0.25) is 4.90 Å². The molecule has 100 valence electrons. The predicted molar refractivity (Wildman–Crippen MR) is 73.1 cm³/mol. The average molecular weight is 239 g/mol. The summed E-state index contributed by atoms with van der Waals surface area (Å²) in [4.78, 5) is 5.23. The van der Waals surface area contributed by atoms with Gasteiger partial charge in [-0.2, -0.15) is 0 Å². The van der Waals surface area contributed by atoms with Crippen LogP contribution in [0.15, 0.2) is 0 Å². The van der Waals surface area contributed by atoms with Crippen LogP contribution in [-0.2, 0) is 0 Å². The molecule has 2 atom stereocenters. The van der Waals surface area contributed by atoms with Gasteiger partial charge >= 0.3 is 0 Å². The molecule has 1 aliphatic carbocycles. The highest BCUT2D eigenvalue weighted by Gasteiger charge is 2.42. The highest BCUT2D eigenvalue weighted by Crippen LogP contribution is 2.38. The van der Waals surface area contributed by atoms with E-state index in [0.717, 1.165) is 0 Å². The largest absolute Gasteiger partial charge is 0.326 e. The van der Waals surface area contributed by atoms with Gasteiger partial charge in [-0.05, 0) is 31.2 Å². The Morgan fingerprint density at radius 2 is 1.82 bits per heavy atom. The van der Waals surface area contributed by atoms with Crippen molar-refractivity contribution in [2.24, 2.45) is 11.1 Å². The summed E-state index contributed by atoms with van der Waals surface area (Å²) in [5, 5.41) is 0. The fraction of sp³-hybridized carbons (Fsp3) is 1.00. The van der Waals surface area contributed by atoms with Gasteiger partial charge in [0.15, 0.2) is 0 Å². The second-order valence-corrected chi connectivity index (χ2v) is 6.50. The fourth-order valence-corrected chi connectivity index (χ4v) is 3.43. The van der Waals surface area contributed by atoms with E-state index in [1.54, 1.807) is 0 Å². The maximum atomic E-state index is 6.43. The van der Waals surface area contributed by atoms with Crippen LogP contribution < -0.4 is 5.73 Å². The molecule has 2 N–H and O–H groups in total. The van der Waals surface area contributed by atoms with E-state index in [9.17, 15) is 0 Å². The normalized spacial score (nSPS) is 35.3. The molecule has 2 aliphatic rings. The van der Waals surface area contributed by atoms with E-state index in [0.29, 0.717) is 17.5 Å². The summed E-state index contributed by atoms with van der Waals surface area (Å²) in [6, 6.07) is 0.994. The van der Waals surface area contributed by atoms with Crippen molar-refractivity contribution < 1.29 is 0 Å². The minimum absolute atomic E-state index is 0.339. The maximum absolute atomic E-state index is 6.43. The molecule has 1 heterocycles. The van der Waals surface area contributed by atoms with Crippen molar-refractivity contribution in [2.45, 2.75) is 52.1 Å². The van der Waals surface area contributed by atoms with Crippen LogP contribution in [0.1, 0.15) is 40.0 Å². The van der Waals surface area contributed by atoms with Gasteiger partial charge < -0.3 is 10.6 Å². The standard InChI is InChI=1S/C14H29N3/c1-4-7-16-8-10-17(11-9-16)12-5-6-14(2,3)13(12)15/h12-13H,4-11,15H2,1-3H3. The van der Waals surface area contributed by atoms with Crippen LogP contribution in [0, 0.1) is 5.41 Å². The van der Waals surface area contributed by atoms with E-state index >= 15 is 0 Å². The van der Waals surface area contributed by atoms with Gasteiger partial charge in [-0.15, -0.1) is 0 Å². The second kappa shape index (κ2) is 5.25. The molecular weight excluding hydrogens is 210 g/mol. The summed E-state index contributed by atoms with van der Waals surface area (Å²) in [6.45, 7) is 13.1. The molecule has 0 aromatic rings. The third kappa shape index (κ3) is 2.83. The van der Waals surface area contributed by atoms with E-state index in [4.69, 9.17) is 5.73 Å². The van der Waals surface area contributed by atoms with Crippen LogP contribution in [0.4, 0.5) is 0 Å². The molecule has 0 aromatic carbocycles. The quantitative estimate of drug-likeness (QED) is 0.811. The minimum Gasteiger partial charge on any atom is -0.326 e. The fourth-order valence-electron chi connectivity index (χ4n) is 3.43. The SMILES string of the molecule is CCCN1CCN(C2CCC(C)(C)C2N)CC1. The summed E-state index contributed by atoms with van der Waals surface area (Å²) < 4.78 is 0. The van der Waals surface area contributed by atoms with Crippen molar-refractivity contribution in [2.75, 3.05) is 32.7 Å². The summed E-state index contributed by atoms with van der Waals surface area (Å²) >= 11 is 0. The molecule has 0 spiro atoms. The summed E-state index contributed by atoms with van der Waals surface area (Å²) in [5.74, 6) is 0. The van der Waals surface area contributed by atoms with E-state index in [-0.39, 0.29) is 0 Å². The van der Waals surface area contributed by atoms with Gasteiger partial charge in [0.1, 0.15) is 0 Å². The average Bonchev–Trinajstić information content (AvgIpc) is 2.56. The maximum Gasteiger partial charge on any atom is 0.0253 e. The number of nitrogens with two attached hydrogens (primary N) is 1. The molecule has 2 unspecified atom stereocenters. The van der Waals surface area contributed by atoms with Gasteiger partial charge in [0.25, 0.3) is 0 Å². The highest BCUT2D eigenvalue weighted by molar-refractivity contribution is 4.99. The Morgan fingerprint density at radius 1 is 1.18 bits per heavy atom. The van der Waals surface area contributed by atoms with Crippen LogP contribution in [-0.4, -0.2) is 54.6 Å². The van der Waals surface area contributed by atoms with Crippen molar-refractivity contribution in [3.8, 4) is 0 Å². The van der Waals surface area contributed by atoms with Crippen molar-refractivity contribution in [1.29, 1.82) is 0 Å². The first-order valence-corrected chi connectivity index (χ1v) is 7.26. The molecule has 2 rings (SSSR count). The molecule has 3 heteroatoms. The Hall–Kier alpha value is -0.120. The predicted octanol–water partition coefficient (Wildman–Crippen LogP) is 1.53. The lowest BCUT2D eigenvalue weighted by Crippen LogP contribution is -2.55. The van der Waals surface area contributed by atoms with Crippen molar-refractivity contribution in [3.63, 3.8) is 0 Å². The van der Waals surface area contributed by atoms with E-state index < -0.39 is 0 Å². The number of rotatable bonds is 3. The molecule has 1 aliphatic heterocycles. The smallest absolute Gasteiger partial charge is 0.0253 e. The van der Waals surface area contributed by atoms with E-state index in [2.05, 4.69) is 30.6 Å². The number of nitrogens with zero attached hydrogens (tertiary/aromatic N) is 2. The first kappa shape index (κ1) is 13.3. The topological polar surface area (TPSA) is 32.5 Å². The summed E-state index contributed by atoms with van der Waals surface area (Å²) in [7, 11) is 0. The van der Waals surface area contributed by atoms with Crippen molar-refractivity contribution in [3.05, 3.63) is 0 Å². The van der Waals surface area contributed by atoms with E-state index in [1.807, 2.05) is 0 Å². The molecule has 0 amide bonds. The molecule has 1 saturated heterocycles. The third-order valence-corrected chi connectivity index (χ3v) is 4.82. The van der Waals surface area contributed by atoms with Gasteiger partial charge in [-0.1, -0.05) is 20.8 Å². The number of hydrogen-bond acceptors (Lipinski definition) is 3. The molecule has 3 nitrogen and oxygen atoms in total. The molecule has 17 heavy (non-hydrogen) atoms. The van der Waals surface area contributed by atoms with Gasteiger partial charge in [0.05, 0.1) is 0 Å². The third-order valence-electron chi connectivity index (χ3n) is 4.82. The first-order chi connectivity index (χ1) is 8.04. The lowest BCUT2D eigenvalue weighted by molar-refractivity contribution is 0.0847. The van der Waals surface area contributed by atoms with Crippen LogP contribution in [0.2, 0.25) is 0 Å². The Bertz CT molecular complexity index is 244. The number of piperazine rings is 1. The zero-order valence-electron chi connectivity index (χ0n) is 11.8. The molecule has 0 radical (unpaired) electrons. The molecule has 0 aromatic heterocycles. The summed E-state index contributed by atoms with van der Waals surface area (Å²) in [6.07, 6.45) is 3.85. The molecule has 2 fully saturated rings. The lowest BCUT2D eigenvalue weighted by Gasteiger charge is -2.40. The Kier molecular flexibility index (Phi) is 4.11. The minimum atomic E-state index is 0.339. The highest BCUT2D eigenvalue weighted by atomic mass is 15.3. The first-order valence-electron chi connectivity index (χ1n) is 7.26. The van der Waals surface area contributed by atoms with Crippen LogP contribution >= 0.6 is 0 Å². The molecule has 0 bridgehead atoms. The zero-order valence-corrected chi connectivity index (χ0v) is 11.8. The molecular formula is C14H29N3. The second-order valence-electron chi connectivity index (χ2n) is 6.50. The lowest BCUT2D eigenvalue weighted by atomic mass is 9.87. The Balaban J connectivity index is 1.85. The summed E-state index contributed by atoms with van der Waals surface area (Å²) in [5.41, 5.74) is 6.76. The van der Waals surface area contributed by atoms with Crippen molar-refractivity contribution >= 4 is 0 Å². The van der Waals surface area contributed by atoms with Crippen LogP contribution in [0.5, 0.6) is 0 Å². The monoisotopic (exact) mass is 239 g/mol. The number of hydrogen-bond donors (Lipinski definition) is 1. The Morgan fingerprint density at radius 3 is 2.29 bits per heavy atom. The van der Waals surface area contributed by atoms with Gasteiger partial charge in [0.2, 0.25) is 0 Å². The van der Waals surface area contributed by atoms with E-state index in [1.165, 1.54) is 52.0 Å². The van der Waals surface area contributed by atoms with Crippen LogP contribution in [0.25, 0.3) is 0 Å². The Labute approximate surface area is 106 Å². The van der Waals surface area contributed by atoms with Crippen molar-refractivity contribution in [1.82, 2.24) is 9.80 Å². The van der Waals surface area contributed by atoms with Gasteiger partial charge in [-0.25, -0.2) is 0 Å². The van der Waals surface area contributed by atoms with Gasteiger partial charge in [0, 0.05) is 38.3 Å². The zero-order chi connectivity index (χ0) is 12.5. The van der Waals surface area contributed by atoms with Crippen LogP contribution in [0.3, 0.4) is 0 Å².